The standard InChI is InChI=1S/C10H9Cl2NO2/c1-2-6(5-9(14)15)8-4-3-7(11)10(12)13-8/h3-5H,2H2,1H3,(H,14,15)/b6-5+. The van der Waals surface area contributed by atoms with E-state index in [1.165, 1.54) is 0 Å². The third-order valence-corrected chi connectivity index (χ3v) is 2.50. The van der Waals surface area contributed by atoms with Crippen LogP contribution in [0, 0.1) is 0 Å². The van der Waals surface area contributed by atoms with E-state index in [0.717, 1.165) is 6.08 Å². The first-order chi connectivity index (χ1) is 7.04. The Morgan fingerprint density at radius 1 is 1.53 bits per heavy atom. The maximum absolute atomic E-state index is 10.5. The molecule has 0 spiro atoms. The zero-order valence-corrected chi connectivity index (χ0v) is 9.51. The predicted molar refractivity (Wildman–Crippen MR) is 60.2 cm³/mol. The molecule has 0 saturated heterocycles. The molecule has 3 nitrogen and oxygen atoms in total. The van der Waals surface area contributed by atoms with Crippen LogP contribution in [-0.4, -0.2) is 16.1 Å². The summed E-state index contributed by atoms with van der Waals surface area (Å²) in [6.07, 6.45) is 1.68. The summed E-state index contributed by atoms with van der Waals surface area (Å²) >= 11 is 11.4. The van der Waals surface area contributed by atoms with Gasteiger partial charge in [0.05, 0.1) is 10.7 Å². The molecule has 1 aromatic rings. The van der Waals surface area contributed by atoms with Gasteiger partial charge in [0.2, 0.25) is 0 Å². The van der Waals surface area contributed by atoms with Gasteiger partial charge in [0.1, 0.15) is 5.15 Å². The highest BCUT2D eigenvalue weighted by molar-refractivity contribution is 6.41. The van der Waals surface area contributed by atoms with Gasteiger partial charge in [0.25, 0.3) is 0 Å². The predicted octanol–water partition coefficient (Wildman–Crippen LogP) is 3.27. The van der Waals surface area contributed by atoms with E-state index in [1.54, 1.807) is 12.1 Å². The molecule has 0 unspecified atom stereocenters. The lowest BCUT2D eigenvalue weighted by atomic mass is 10.1. The molecule has 1 aromatic heterocycles. The van der Waals surface area contributed by atoms with Gasteiger partial charge in [-0.1, -0.05) is 30.1 Å². The molecule has 15 heavy (non-hydrogen) atoms. The number of rotatable bonds is 3. The molecule has 0 amide bonds. The van der Waals surface area contributed by atoms with Crippen LogP contribution < -0.4 is 0 Å². The Bertz CT molecular complexity index is 416. The van der Waals surface area contributed by atoms with E-state index in [9.17, 15) is 4.79 Å². The van der Waals surface area contributed by atoms with Crippen molar-refractivity contribution < 1.29 is 9.90 Å². The lowest BCUT2D eigenvalue weighted by Crippen LogP contribution is -1.94. The van der Waals surface area contributed by atoms with Gasteiger partial charge in [0.15, 0.2) is 0 Å². The molecule has 0 aliphatic heterocycles. The average molecular weight is 246 g/mol. The summed E-state index contributed by atoms with van der Waals surface area (Å²) in [4.78, 5) is 14.5. The largest absolute Gasteiger partial charge is 0.478 e. The summed E-state index contributed by atoms with van der Waals surface area (Å²) in [5, 5.41) is 9.17. The number of pyridine rings is 1. The quantitative estimate of drug-likeness (QED) is 0.657. The van der Waals surface area contributed by atoms with E-state index in [1.807, 2.05) is 6.92 Å². The second kappa shape index (κ2) is 5.14. The third kappa shape index (κ3) is 3.22. The van der Waals surface area contributed by atoms with Gasteiger partial charge in [-0.2, -0.15) is 0 Å². The number of carbonyl (C=O) groups is 1. The Morgan fingerprint density at radius 3 is 2.67 bits per heavy atom. The van der Waals surface area contributed by atoms with Crippen molar-refractivity contribution in [1.82, 2.24) is 4.98 Å². The molecule has 1 N–H and O–H groups in total. The van der Waals surface area contributed by atoms with Gasteiger partial charge in [-0.25, -0.2) is 9.78 Å². The van der Waals surface area contributed by atoms with Crippen LogP contribution in [0.4, 0.5) is 0 Å². The fourth-order valence-electron chi connectivity index (χ4n) is 1.10. The summed E-state index contributed by atoms with van der Waals surface area (Å²) in [6, 6.07) is 3.24. The van der Waals surface area contributed by atoms with Gasteiger partial charge < -0.3 is 5.11 Å². The Labute approximate surface area is 97.3 Å². The van der Waals surface area contributed by atoms with Crippen molar-refractivity contribution in [1.29, 1.82) is 0 Å². The van der Waals surface area contributed by atoms with Crippen LogP contribution in [-0.2, 0) is 4.79 Å². The molecular formula is C10H9Cl2NO2. The van der Waals surface area contributed by atoms with Crippen LogP contribution in [0.1, 0.15) is 19.0 Å². The molecule has 5 heteroatoms. The number of aliphatic carboxylic acids is 1. The van der Waals surface area contributed by atoms with Crippen molar-refractivity contribution in [3.05, 3.63) is 34.1 Å². The van der Waals surface area contributed by atoms with Crippen LogP contribution in [0.5, 0.6) is 0 Å². The molecule has 1 rings (SSSR count). The summed E-state index contributed by atoms with van der Waals surface area (Å²) in [5.41, 5.74) is 1.15. The van der Waals surface area contributed by atoms with Gasteiger partial charge >= 0.3 is 5.97 Å². The van der Waals surface area contributed by atoms with E-state index in [4.69, 9.17) is 28.3 Å². The molecule has 80 valence electrons. The lowest BCUT2D eigenvalue weighted by Gasteiger charge is -2.04. The lowest BCUT2D eigenvalue weighted by molar-refractivity contribution is -0.131. The number of nitrogens with zero attached hydrogens (tertiary/aromatic N) is 1. The minimum atomic E-state index is -1.00. The van der Waals surface area contributed by atoms with Crippen LogP contribution in [0.15, 0.2) is 18.2 Å². The molecule has 0 aromatic carbocycles. The normalized spacial score (nSPS) is 11.5. The monoisotopic (exact) mass is 245 g/mol. The van der Waals surface area contributed by atoms with E-state index in [-0.39, 0.29) is 5.15 Å². The smallest absolute Gasteiger partial charge is 0.328 e. The van der Waals surface area contributed by atoms with Crippen molar-refractivity contribution in [3.63, 3.8) is 0 Å². The van der Waals surface area contributed by atoms with Crippen molar-refractivity contribution in [3.8, 4) is 0 Å². The van der Waals surface area contributed by atoms with Crippen molar-refractivity contribution in [2.45, 2.75) is 13.3 Å². The third-order valence-electron chi connectivity index (χ3n) is 1.81. The number of aromatic nitrogens is 1. The summed E-state index contributed by atoms with van der Waals surface area (Å²) in [5.74, 6) is -1.00. The van der Waals surface area contributed by atoms with E-state index in [2.05, 4.69) is 4.98 Å². The second-order valence-electron chi connectivity index (χ2n) is 2.83. The SMILES string of the molecule is CC/C(=C\C(=O)O)c1ccc(Cl)c(Cl)n1. The van der Waals surface area contributed by atoms with Crippen molar-refractivity contribution in [2.24, 2.45) is 0 Å². The number of carboxylic acid groups (broad SMARTS) is 1. The van der Waals surface area contributed by atoms with E-state index < -0.39 is 5.97 Å². The maximum Gasteiger partial charge on any atom is 0.328 e. The van der Waals surface area contributed by atoms with Crippen molar-refractivity contribution >= 4 is 34.7 Å². The minimum Gasteiger partial charge on any atom is -0.478 e. The van der Waals surface area contributed by atoms with Gasteiger partial charge in [0, 0.05) is 6.08 Å². The highest BCUT2D eigenvalue weighted by Gasteiger charge is 2.06. The minimum absolute atomic E-state index is 0.180. The van der Waals surface area contributed by atoms with Crippen LogP contribution in [0.2, 0.25) is 10.2 Å². The number of carboxylic acids is 1. The molecule has 0 saturated carbocycles. The number of halogens is 2. The Balaban J connectivity index is 3.14. The fraction of sp³-hybridized carbons (Fsp3) is 0.200. The Hall–Kier alpha value is -1.06. The topological polar surface area (TPSA) is 50.2 Å². The summed E-state index contributed by atoms with van der Waals surface area (Å²) in [6.45, 7) is 1.85. The van der Waals surface area contributed by atoms with Gasteiger partial charge in [-0.05, 0) is 24.1 Å². The molecule has 0 radical (unpaired) electrons. The van der Waals surface area contributed by atoms with E-state index >= 15 is 0 Å². The molecular weight excluding hydrogens is 237 g/mol. The van der Waals surface area contributed by atoms with Crippen molar-refractivity contribution in [2.75, 3.05) is 0 Å². The molecule has 0 bridgehead atoms. The molecule has 1 heterocycles. The zero-order chi connectivity index (χ0) is 11.4. The van der Waals surface area contributed by atoms with Crippen LogP contribution in [0.25, 0.3) is 5.57 Å². The number of hydrogen-bond acceptors (Lipinski definition) is 2. The summed E-state index contributed by atoms with van der Waals surface area (Å²) in [7, 11) is 0. The van der Waals surface area contributed by atoms with E-state index in [0.29, 0.717) is 22.7 Å². The van der Waals surface area contributed by atoms with Gasteiger partial charge in [-0.15, -0.1) is 0 Å². The number of hydrogen-bond donors (Lipinski definition) is 1. The number of allylic oxidation sites excluding steroid dienone is 1. The highest BCUT2D eigenvalue weighted by atomic mass is 35.5. The average Bonchev–Trinajstić information content (AvgIpc) is 2.18. The molecule has 0 aliphatic rings. The van der Waals surface area contributed by atoms with Crippen LogP contribution in [0.3, 0.4) is 0 Å². The first-order valence-electron chi connectivity index (χ1n) is 4.30. The molecule has 0 fully saturated rings. The van der Waals surface area contributed by atoms with Crippen LogP contribution >= 0.6 is 23.2 Å². The summed E-state index contributed by atoms with van der Waals surface area (Å²) < 4.78 is 0. The molecule has 0 aliphatic carbocycles. The Morgan fingerprint density at radius 2 is 2.20 bits per heavy atom. The zero-order valence-electron chi connectivity index (χ0n) is 8.00. The first-order valence-corrected chi connectivity index (χ1v) is 5.06. The highest BCUT2D eigenvalue weighted by Crippen LogP contribution is 2.23. The maximum atomic E-state index is 10.5. The second-order valence-corrected chi connectivity index (χ2v) is 3.60. The van der Waals surface area contributed by atoms with Gasteiger partial charge in [-0.3, -0.25) is 0 Å². The Kier molecular flexibility index (Phi) is 4.12. The molecule has 0 atom stereocenters. The first kappa shape index (κ1) is 12.0. The fourth-order valence-corrected chi connectivity index (χ4v) is 1.36.